The van der Waals surface area contributed by atoms with Crippen LogP contribution >= 0.6 is 0 Å². The second-order valence-corrected chi connectivity index (χ2v) is 1.73. The molecular formula is C6H5FN2O. The van der Waals surface area contributed by atoms with Gasteiger partial charge in [-0.15, -0.1) is 9.39 Å². The minimum atomic E-state index is 0.291. The Morgan fingerprint density at radius 3 is 2.30 bits per heavy atom. The van der Waals surface area contributed by atoms with Crippen LogP contribution in [0.25, 0.3) is 0 Å². The van der Waals surface area contributed by atoms with Crippen molar-refractivity contribution in [2.75, 3.05) is 5.54 Å². The summed E-state index contributed by atoms with van der Waals surface area (Å²) >= 11 is 0. The summed E-state index contributed by atoms with van der Waals surface area (Å²) in [6, 6.07) is 5.71. The topological polar surface area (TPSA) is 41.5 Å². The van der Waals surface area contributed by atoms with Gasteiger partial charge in [0.05, 0.1) is 5.69 Å². The van der Waals surface area contributed by atoms with Gasteiger partial charge in [-0.25, -0.2) is 5.54 Å². The quantitative estimate of drug-likeness (QED) is 0.506. The smallest absolute Gasteiger partial charge is 0.108 e. The molecule has 1 aromatic rings. The fourth-order valence-corrected chi connectivity index (χ4v) is 0.585. The lowest BCUT2D eigenvalue weighted by Gasteiger charge is -1.92. The standard InChI is InChI=1S/C6H5FN2O/c7-8-5-1-3-6(9-10)4-2-5/h1-4,8H. The van der Waals surface area contributed by atoms with Crippen molar-refractivity contribution in [2.45, 2.75) is 0 Å². The number of nitroso groups, excluding NO2 is 1. The molecule has 0 atom stereocenters. The summed E-state index contributed by atoms with van der Waals surface area (Å²) in [5, 5.41) is 2.65. The molecule has 0 aromatic heterocycles. The number of anilines is 1. The summed E-state index contributed by atoms with van der Waals surface area (Å²) in [4.78, 5) is 9.84. The Balaban J connectivity index is 2.90. The summed E-state index contributed by atoms with van der Waals surface area (Å²) in [7, 11) is 0. The Labute approximate surface area is 56.8 Å². The van der Waals surface area contributed by atoms with Crippen LogP contribution in [-0.4, -0.2) is 0 Å². The van der Waals surface area contributed by atoms with E-state index in [-0.39, 0.29) is 0 Å². The van der Waals surface area contributed by atoms with Crippen molar-refractivity contribution in [2.24, 2.45) is 5.18 Å². The Hall–Kier alpha value is -1.45. The molecule has 0 amide bonds. The molecule has 1 rings (SSSR count). The molecule has 4 heteroatoms. The monoisotopic (exact) mass is 140 g/mol. The minimum absolute atomic E-state index is 0.291. The number of nitrogens with zero attached hydrogens (tertiary/aromatic N) is 1. The van der Waals surface area contributed by atoms with Crippen molar-refractivity contribution < 1.29 is 4.48 Å². The predicted octanol–water partition coefficient (Wildman–Crippen LogP) is 2.38. The van der Waals surface area contributed by atoms with Crippen molar-refractivity contribution in [3.8, 4) is 0 Å². The van der Waals surface area contributed by atoms with Crippen molar-refractivity contribution in [3.63, 3.8) is 0 Å². The zero-order valence-corrected chi connectivity index (χ0v) is 5.04. The summed E-state index contributed by atoms with van der Waals surface area (Å²) < 4.78 is 11.6. The van der Waals surface area contributed by atoms with Gasteiger partial charge in [-0.05, 0) is 29.4 Å². The van der Waals surface area contributed by atoms with Gasteiger partial charge in [0.1, 0.15) is 5.69 Å². The number of rotatable bonds is 2. The first-order valence-corrected chi connectivity index (χ1v) is 2.67. The normalized spacial score (nSPS) is 8.90. The van der Waals surface area contributed by atoms with E-state index in [1.54, 1.807) is 0 Å². The molecule has 0 spiro atoms. The van der Waals surface area contributed by atoms with Crippen molar-refractivity contribution >= 4 is 11.4 Å². The Morgan fingerprint density at radius 2 is 1.90 bits per heavy atom. The van der Waals surface area contributed by atoms with Crippen LogP contribution in [0.2, 0.25) is 0 Å². The van der Waals surface area contributed by atoms with Crippen LogP contribution < -0.4 is 5.54 Å². The maximum atomic E-state index is 11.6. The highest BCUT2D eigenvalue weighted by molar-refractivity contribution is 5.49. The van der Waals surface area contributed by atoms with E-state index in [0.29, 0.717) is 11.4 Å². The molecule has 0 aliphatic heterocycles. The highest BCUT2D eigenvalue weighted by atomic mass is 19.2. The number of hydrogen-bond acceptors (Lipinski definition) is 3. The SMILES string of the molecule is O=Nc1ccc(NF)cc1. The lowest BCUT2D eigenvalue weighted by molar-refractivity contribution is 0.618. The van der Waals surface area contributed by atoms with E-state index >= 15 is 0 Å². The molecule has 0 unspecified atom stereocenters. The van der Waals surface area contributed by atoms with Crippen LogP contribution in [0, 0.1) is 4.91 Å². The average Bonchev–Trinajstić information content (AvgIpc) is 2.05. The number of nitrogens with one attached hydrogen (secondary N) is 1. The number of halogens is 1. The van der Waals surface area contributed by atoms with E-state index in [2.05, 4.69) is 5.18 Å². The highest BCUT2D eigenvalue weighted by Crippen LogP contribution is 2.15. The average molecular weight is 140 g/mol. The molecule has 0 bridgehead atoms. The van der Waals surface area contributed by atoms with E-state index in [9.17, 15) is 9.39 Å². The third-order valence-electron chi connectivity index (χ3n) is 1.08. The second kappa shape index (κ2) is 2.91. The fourth-order valence-electron chi connectivity index (χ4n) is 0.585. The van der Waals surface area contributed by atoms with Gasteiger partial charge >= 0.3 is 0 Å². The van der Waals surface area contributed by atoms with E-state index in [4.69, 9.17) is 0 Å². The zero-order valence-electron chi connectivity index (χ0n) is 5.04. The Morgan fingerprint density at radius 1 is 1.30 bits per heavy atom. The van der Waals surface area contributed by atoms with Gasteiger partial charge in [0.2, 0.25) is 0 Å². The van der Waals surface area contributed by atoms with E-state index in [1.807, 2.05) is 0 Å². The summed E-state index contributed by atoms with van der Waals surface area (Å²) in [6.45, 7) is 0. The maximum absolute atomic E-state index is 11.6. The molecule has 10 heavy (non-hydrogen) atoms. The van der Waals surface area contributed by atoms with Crippen molar-refractivity contribution in [1.82, 2.24) is 0 Å². The molecule has 0 heterocycles. The number of hydrogen-bond donors (Lipinski definition) is 1. The molecule has 52 valence electrons. The van der Waals surface area contributed by atoms with Crippen LogP contribution in [0.3, 0.4) is 0 Å². The molecule has 3 nitrogen and oxygen atoms in total. The molecule has 0 saturated heterocycles. The van der Waals surface area contributed by atoms with Gasteiger partial charge in [-0.3, -0.25) is 0 Å². The van der Waals surface area contributed by atoms with Gasteiger partial charge in [-0.1, -0.05) is 0 Å². The van der Waals surface area contributed by atoms with E-state index in [1.165, 1.54) is 29.8 Å². The van der Waals surface area contributed by atoms with Crippen LogP contribution in [-0.2, 0) is 0 Å². The molecular weight excluding hydrogens is 135 g/mol. The van der Waals surface area contributed by atoms with Crippen LogP contribution in [0.15, 0.2) is 29.4 Å². The predicted molar refractivity (Wildman–Crippen MR) is 36.6 cm³/mol. The minimum Gasteiger partial charge on any atom is -0.225 e. The first-order valence-electron chi connectivity index (χ1n) is 2.67. The summed E-state index contributed by atoms with van der Waals surface area (Å²) in [6.07, 6.45) is 0. The molecule has 0 fully saturated rings. The largest absolute Gasteiger partial charge is 0.225 e. The molecule has 0 aliphatic rings. The van der Waals surface area contributed by atoms with Gasteiger partial charge in [0.25, 0.3) is 0 Å². The third-order valence-corrected chi connectivity index (χ3v) is 1.08. The van der Waals surface area contributed by atoms with Crippen LogP contribution in [0.1, 0.15) is 0 Å². The number of benzene rings is 1. The van der Waals surface area contributed by atoms with Gasteiger partial charge in [0.15, 0.2) is 0 Å². The molecule has 1 aromatic carbocycles. The Kier molecular flexibility index (Phi) is 1.94. The summed E-state index contributed by atoms with van der Waals surface area (Å²) in [5.74, 6) is 0. The van der Waals surface area contributed by atoms with E-state index in [0.717, 1.165) is 0 Å². The fraction of sp³-hybridized carbons (Fsp3) is 0. The van der Waals surface area contributed by atoms with Gasteiger partial charge in [0, 0.05) is 0 Å². The maximum Gasteiger partial charge on any atom is 0.108 e. The van der Waals surface area contributed by atoms with Crippen LogP contribution in [0.4, 0.5) is 15.9 Å². The van der Waals surface area contributed by atoms with Gasteiger partial charge < -0.3 is 0 Å². The lowest BCUT2D eigenvalue weighted by Crippen LogP contribution is -1.78. The second-order valence-electron chi connectivity index (χ2n) is 1.73. The van der Waals surface area contributed by atoms with Crippen molar-refractivity contribution in [3.05, 3.63) is 29.2 Å². The first kappa shape index (κ1) is 6.67. The lowest BCUT2D eigenvalue weighted by atomic mass is 10.3. The molecule has 0 radical (unpaired) electrons. The molecule has 0 saturated carbocycles. The third kappa shape index (κ3) is 1.28. The van der Waals surface area contributed by atoms with Crippen molar-refractivity contribution in [1.29, 1.82) is 0 Å². The van der Waals surface area contributed by atoms with Gasteiger partial charge in [-0.2, -0.15) is 0 Å². The Bertz CT molecular complexity index is 222. The van der Waals surface area contributed by atoms with Crippen LogP contribution in [0.5, 0.6) is 0 Å². The zero-order chi connectivity index (χ0) is 7.40. The molecule has 1 N–H and O–H groups in total. The molecule has 0 aliphatic carbocycles. The first-order chi connectivity index (χ1) is 4.86. The van der Waals surface area contributed by atoms with E-state index < -0.39 is 0 Å². The summed E-state index contributed by atoms with van der Waals surface area (Å²) in [5.41, 5.74) is 2.04. The highest BCUT2D eigenvalue weighted by Gasteiger charge is 1.90.